The number of hydrogen-bond donors (Lipinski definition) is 3. The molecular weight excluding hydrogens is 166 g/mol. The molecule has 0 aliphatic heterocycles. The number of aliphatic hydroxyl groups is 1. The van der Waals surface area contributed by atoms with Gasteiger partial charge in [0.15, 0.2) is 0 Å². The van der Waals surface area contributed by atoms with Gasteiger partial charge >= 0.3 is 0 Å². The highest BCUT2D eigenvalue weighted by molar-refractivity contribution is 5.36. The number of nitrogens with one attached hydrogen (secondary N) is 1. The van der Waals surface area contributed by atoms with Crippen LogP contribution < -0.4 is 5.32 Å². The van der Waals surface area contributed by atoms with Gasteiger partial charge in [0.2, 0.25) is 0 Å². The predicted molar refractivity (Wildman–Crippen MR) is 51.7 cm³/mol. The maximum absolute atomic E-state index is 9.56. The van der Waals surface area contributed by atoms with Crippen LogP contribution in [0.5, 0.6) is 5.75 Å². The lowest BCUT2D eigenvalue weighted by Crippen LogP contribution is -2.16. The summed E-state index contributed by atoms with van der Waals surface area (Å²) in [6.45, 7) is 2.31. The Labute approximate surface area is 78.0 Å². The summed E-state index contributed by atoms with van der Waals surface area (Å²) in [7, 11) is 1.78. The van der Waals surface area contributed by atoms with E-state index in [0.717, 1.165) is 11.1 Å². The molecule has 0 fully saturated rings. The fourth-order valence-electron chi connectivity index (χ4n) is 1.14. The minimum Gasteiger partial charge on any atom is -0.508 e. The average Bonchev–Trinajstić information content (AvgIpc) is 2.10. The second-order valence-electron chi connectivity index (χ2n) is 3.12. The molecule has 0 saturated carbocycles. The van der Waals surface area contributed by atoms with E-state index in [1.807, 2.05) is 13.0 Å². The summed E-state index contributed by atoms with van der Waals surface area (Å²) >= 11 is 0. The topological polar surface area (TPSA) is 52.5 Å². The Hall–Kier alpha value is -1.06. The zero-order chi connectivity index (χ0) is 9.84. The summed E-state index contributed by atoms with van der Waals surface area (Å²) in [4.78, 5) is 0. The van der Waals surface area contributed by atoms with E-state index < -0.39 is 6.10 Å². The number of phenols is 1. The lowest BCUT2D eigenvalue weighted by Gasteiger charge is -2.11. The molecule has 0 radical (unpaired) electrons. The number of benzene rings is 1. The molecule has 3 N–H and O–H groups in total. The standard InChI is InChI=1S/C10H15NO2/c1-7-3-4-8(5-9(7)12)10(13)6-11-2/h3-5,10-13H,6H2,1-2H3. The third-order valence-electron chi connectivity index (χ3n) is 2.02. The smallest absolute Gasteiger partial charge is 0.118 e. The molecule has 1 aromatic rings. The van der Waals surface area contributed by atoms with Crippen molar-refractivity contribution in [3.05, 3.63) is 29.3 Å². The van der Waals surface area contributed by atoms with Crippen LogP contribution in [0.4, 0.5) is 0 Å². The molecule has 0 aromatic heterocycles. The van der Waals surface area contributed by atoms with Gasteiger partial charge in [-0.1, -0.05) is 12.1 Å². The SMILES string of the molecule is CNCC(O)c1ccc(C)c(O)c1. The van der Waals surface area contributed by atoms with E-state index in [-0.39, 0.29) is 5.75 Å². The van der Waals surface area contributed by atoms with Gasteiger partial charge < -0.3 is 15.5 Å². The van der Waals surface area contributed by atoms with Crippen molar-refractivity contribution in [3.63, 3.8) is 0 Å². The van der Waals surface area contributed by atoms with Crippen molar-refractivity contribution < 1.29 is 10.2 Å². The molecule has 1 unspecified atom stereocenters. The molecular formula is C10H15NO2. The lowest BCUT2D eigenvalue weighted by atomic mass is 10.1. The molecule has 0 aliphatic rings. The van der Waals surface area contributed by atoms with Crippen LogP contribution in [0.15, 0.2) is 18.2 Å². The maximum Gasteiger partial charge on any atom is 0.118 e. The zero-order valence-electron chi connectivity index (χ0n) is 7.91. The molecule has 1 atom stereocenters. The first-order chi connectivity index (χ1) is 6.15. The van der Waals surface area contributed by atoms with Gasteiger partial charge in [-0.2, -0.15) is 0 Å². The Morgan fingerprint density at radius 3 is 2.69 bits per heavy atom. The number of aliphatic hydroxyl groups excluding tert-OH is 1. The van der Waals surface area contributed by atoms with Gasteiger partial charge in [0.25, 0.3) is 0 Å². The second kappa shape index (κ2) is 4.25. The number of likely N-dealkylation sites (N-methyl/N-ethyl adjacent to an activating group) is 1. The van der Waals surface area contributed by atoms with Crippen molar-refractivity contribution >= 4 is 0 Å². The number of rotatable bonds is 3. The molecule has 3 heteroatoms. The van der Waals surface area contributed by atoms with Gasteiger partial charge in [-0.05, 0) is 31.2 Å². The third-order valence-corrected chi connectivity index (χ3v) is 2.02. The minimum absolute atomic E-state index is 0.229. The molecule has 1 aromatic carbocycles. The van der Waals surface area contributed by atoms with Crippen LogP contribution in [0.1, 0.15) is 17.2 Å². The number of hydrogen-bond acceptors (Lipinski definition) is 3. The van der Waals surface area contributed by atoms with Crippen molar-refractivity contribution in [1.29, 1.82) is 0 Å². The monoisotopic (exact) mass is 181 g/mol. The molecule has 0 bridgehead atoms. The van der Waals surface area contributed by atoms with Crippen molar-refractivity contribution in [2.75, 3.05) is 13.6 Å². The van der Waals surface area contributed by atoms with Crippen LogP contribution in [-0.2, 0) is 0 Å². The highest BCUT2D eigenvalue weighted by Crippen LogP contribution is 2.21. The molecule has 72 valence electrons. The van der Waals surface area contributed by atoms with E-state index in [1.54, 1.807) is 19.2 Å². The van der Waals surface area contributed by atoms with Crippen LogP contribution in [0.3, 0.4) is 0 Å². The molecule has 3 nitrogen and oxygen atoms in total. The van der Waals surface area contributed by atoms with E-state index in [2.05, 4.69) is 5.32 Å². The van der Waals surface area contributed by atoms with Gasteiger partial charge in [0, 0.05) is 6.54 Å². The largest absolute Gasteiger partial charge is 0.508 e. The van der Waals surface area contributed by atoms with Crippen molar-refractivity contribution in [3.8, 4) is 5.75 Å². The lowest BCUT2D eigenvalue weighted by molar-refractivity contribution is 0.177. The van der Waals surface area contributed by atoms with Gasteiger partial charge in [0.05, 0.1) is 6.10 Å². The summed E-state index contributed by atoms with van der Waals surface area (Å²) in [5, 5.41) is 21.8. The Bertz CT molecular complexity index is 286. The number of phenolic OH excluding ortho intramolecular Hbond substituents is 1. The summed E-state index contributed by atoms with van der Waals surface area (Å²) in [5.41, 5.74) is 1.55. The summed E-state index contributed by atoms with van der Waals surface area (Å²) in [5.74, 6) is 0.229. The van der Waals surface area contributed by atoms with Crippen molar-refractivity contribution in [2.24, 2.45) is 0 Å². The highest BCUT2D eigenvalue weighted by atomic mass is 16.3. The van der Waals surface area contributed by atoms with Crippen LogP contribution in [0.25, 0.3) is 0 Å². The van der Waals surface area contributed by atoms with Gasteiger partial charge in [-0.15, -0.1) is 0 Å². The molecule has 0 heterocycles. The van der Waals surface area contributed by atoms with E-state index in [1.165, 1.54) is 0 Å². The molecule has 0 amide bonds. The Kier molecular flexibility index (Phi) is 3.28. The van der Waals surface area contributed by atoms with Crippen LogP contribution in [0, 0.1) is 6.92 Å². The van der Waals surface area contributed by atoms with Crippen LogP contribution in [0.2, 0.25) is 0 Å². The predicted octanol–water partition coefficient (Wildman–Crippen LogP) is 0.953. The average molecular weight is 181 g/mol. The molecule has 1 rings (SSSR count). The Balaban J connectivity index is 2.84. The number of aryl methyl sites for hydroxylation is 1. The first-order valence-corrected chi connectivity index (χ1v) is 4.27. The van der Waals surface area contributed by atoms with Gasteiger partial charge in [-0.25, -0.2) is 0 Å². The Morgan fingerprint density at radius 2 is 2.15 bits per heavy atom. The van der Waals surface area contributed by atoms with Crippen molar-refractivity contribution in [1.82, 2.24) is 5.32 Å². The normalized spacial score (nSPS) is 12.8. The quantitative estimate of drug-likeness (QED) is 0.651. The molecule has 0 saturated heterocycles. The number of aromatic hydroxyl groups is 1. The first-order valence-electron chi connectivity index (χ1n) is 4.27. The fourth-order valence-corrected chi connectivity index (χ4v) is 1.14. The molecule has 0 spiro atoms. The highest BCUT2D eigenvalue weighted by Gasteiger charge is 2.07. The minimum atomic E-state index is -0.559. The maximum atomic E-state index is 9.56. The second-order valence-corrected chi connectivity index (χ2v) is 3.12. The van der Waals surface area contributed by atoms with Crippen LogP contribution in [-0.4, -0.2) is 23.8 Å². The van der Waals surface area contributed by atoms with Crippen molar-refractivity contribution in [2.45, 2.75) is 13.0 Å². The van der Waals surface area contributed by atoms with E-state index in [0.29, 0.717) is 6.54 Å². The van der Waals surface area contributed by atoms with Gasteiger partial charge in [0.1, 0.15) is 5.75 Å². The summed E-state index contributed by atoms with van der Waals surface area (Å²) in [6.07, 6.45) is -0.559. The van der Waals surface area contributed by atoms with E-state index in [4.69, 9.17) is 0 Å². The van der Waals surface area contributed by atoms with Gasteiger partial charge in [-0.3, -0.25) is 0 Å². The van der Waals surface area contributed by atoms with E-state index in [9.17, 15) is 10.2 Å². The molecule has 13 heavy (non-hydrogen) atoms. The molecule has 0 aliphatic carbocycles. The fraction of sp³-hybridized carbons (Fsp3) is 0.400. The first kappa shape index (κ1) is 10.0. The zero-order valence-corrected chi connectivity index (χ0v) is 7.91. The summed E-state index contributed by atoms with van der Waals surface area (Å²) < 4.78 is 0. The Morgan fingerprint density at radius 1 is 1.46 bits per heavy atom. The van der Waals surface area contributed by atoms with E-state index >= 15 is 0 Å². The van der Waals surface area contributed by atoms with Crippen LogP contribution >= 0.6 is 0 Å². The summed E-state index contributed by atoms with van der Waals surface area (Å²) in [6, 6.07) is 5.21. The third kappa shape index (κ3) is 2.44.